The van der Waals surface area contributed by atoms with Gasteiger partial charge in [-0.2, -0.15) is 0 Å². The van der Waals surface area contributed by atoms with E-state index in [1.807, 2.05) is 43.5 Å². The molecular weight excluding hydrogens is 392 g/mol. The lowest BCUT2D eigenvalue weighted by atomic mass is 10.1. The van der Waals surface area contributed by atoms with Crippen LogP contribution >= 0.6 is 11.3 Å². The van der Waals surface area contributed by atoms with Gasteiger partial charge in [-0.1, -0.05) is 0 Å². The van der Waals surface area contributed by atoms with Gasteiger partial charge in [0.15, 0.2) is 6.61 Å². The van der Waals surface area contributed by atoms with Crippen LogP contribution in [0.5, 0.6) is 0 Å². The molecule has 0 fully saturated rings. The van der Waals surface area contributed by atoms with Crippen LogP contribution in [0.15, 0.2) is 41.0 Å². The van der Waals surface area contributed by atoms with Crippen molar-refractivity contribution in [2.45, 2.75) is 27.3 Å². The summed E-state index contributed by atoms with van der Waals surface area (Å²) < 4.78 is 12.4. The lowest BCUT2D eigenvalue weighted by Crippen LogP contribution is -2.31. The predicted octanol–water partition coefficient (Wildman–Crippen LogP) is 3.27. The monoisotopic (exact) mass is 414 g/mol. The van der Waals surface area contributed by atoms with E-state index in [0.29, 0.717) is 17.0 Å². The van der Waals surface area contributed by atoms with Gasteiger partial charge >= 0.3 is 5.97 Å². The van der Waals surface area contributed by atoms with Crippen molar-refractivity contribution < 1.29 is 23.5 Å². The number of hydrogen-bond acceptors (Lipinski definition) is 6. The van der Waals surface area contributed by atoms with Gasteiger partial charge < -0.3 is 19.0 Å². The van der Waals surface area contributed by atoms with Crippen LogP contribution in [0.3, 0.4) is 0 Å². The highest BCUT2D eigenvalue weighted by molar-refractivity contribution is 7.13. The van der Waals surface area contributed by atoms with Crippen LogP contribution in [0.2, 0.25) is 0 Å². The van der Waals surface area contributed by atoms with Crippen LogP contribution in [-0.2, 0) is 16.1 Å². The normalized spacial score (nSPS) is 10.7. The van der Waals surface area contributed by atoms with E-state index in [4.69, 9.17) is 9.15 Å². The summed E-state index contributed by atoms with van der Waals surface area (Å²) in [5.41, 5.74) is 2.19. The molecule has 1 amide bonds. The van der Waals surface area contributed by atoms with Gasteiger partial charge in [0.05, 0.1) is 17.7 Å². The maximum Gasteiger partial charge on any atom is 0.325 e. The van der Waals surface area contributed by atoms with Gasteiger partial charge in [-0.25, -0.2) is 0 Å². The SMILES string of the molecule is Cc1ccc(C(=O)NCC(=O)OCC(=O)c2cc(C)n(Cc3ccco3)c2C)s1. The third kappa shape index (κ3) is 5.03. The Morgan fingerprint density at radius 2 is 1.97 bits per heavy atom. The summed E-state index contributed by atoms with van der Waals surface area (Å²) >= 11 is 1.34. The Kier molecular flexibility index (Phi) is 6.33. The van der Waals surface area contributed by atoms with Gasteiger partial charge in [-0.15, -0.1) is 11.3 Å². The summed E-state index contributed by atoms with van der Waals surface area (Å²) in [5, 5.41) is 2.50. The quantitative estimate of drug-likeness (QED) is 0.451. The Bertz CT molecular complexity index is 1030. The molecule has 152 valence electrons. The van der Waals surface area contributed by atoms with E-state index in [1.165, 1.54) is 11.3 Å². The standard InChI is InChI=1S/C21H22N2O5S/c1-13-9-17(15(3)23(13)11-16-5-4-8-27-16)18(24)12-28-20(25)10-22-21(26)19-7-6-14(2)29-19/h4-9H,10-12H2,1-3H3,(H,22,26). The largest absolute Gasteiger partial charge is 0.467 e. The highest BCUT2D eigenvalue weighted by atomic mass is 32.1. The molecule has 0 aliphatic heterocycles. The molecule has 0 saturated heterocycles. The smallest absolute Gasteiger partial charge is 0.325 e. The Morgan fingerprint density at radius 3 is 2.62 bits per heavy atom. The summed E-state index contributed by atoms with van der Waals surface area (Å²) in [6.07, 6.45) is 1.60. The second kappa shape index (κ2) is 8.91. The van der Waals surface area contributed by atoms with Gasteiger partial charge in [0.25, 0.3) is 5.91 Å². The van der Waals surface area contributed by atoms with Crippen LogP contribution in [-0.4, -0.2) is 35.4 Å². The number of carbonyl (C=O) groups excluding carboxylic acids is 3. The molecule has 3 aromatic rings. The van der Waals surface area contributed by atoms with Crippen LogP contribution in [0.1, 0.15) is 42.1 Å². The molecular formula is C21H22N2O5S. The van der Waals surface area contributed by atoms with Crippen molar-refractivity contribution in [3.05, 3.63) is 69.1 Å². The Labute approximate surface area is 172 Å². The maximum absolute atomic E-state index is 12.5. The number of esters is 1. The fourth-order valence-corrected chi connectivity index (χ4v) is 3.74. The Balaban J connectivity index is 1.52. The number of nitrogens with zero attached hydrogens (tertiary/aromatic N) is 1. The average molecular weight is 414 g/mol. The number of thiophene rings is 1. The van der Waals surface area contributed by atoms with Crippen LogP contribution in [0, 0.1) is 20.8 Å². The number of rotatable bonds is 8. The van der Waals surface area contributed by atoms with Crippen molar-refractivity contribution >= 4 is 29.0 Å². The fraction of sp³-hybridized carbons (Fsp3) is 0.286. The van der Waals surface area contributed by atoms with Gasteiger partial charge in [0.2, 0.25) is 5.78 Å². The minimum Gasteiger partial charge on any atom is -0.467 e. The number of ether oxygens (including phenoxy) is 1. The zero-order valence-corrected chi connectivity index (χ0v) is 17.3. The first-order valence-electron chi connectivity index (χ1n) is 9.07. The lowest BCUT2D eigenvalue weighted by Gasteiger charge is -2.08. The summed E-state index contributed by atoms with van der Waals surface area (Å²) in [4.78, 5) is 37.9. The van der Waals surface area contributed by atoms with Gasteiger partial charge in [-0.3, -0.25) is 14.4 Å². The second-order valence-corrected chi connectivity index (χ2v) is 7.92. The van der Waals surface area contributed by atoms with Gasteiger partial charge in [0.1, 0.15) is 12.3 Å². The molecule has 0 spiro atoms. The molecule has 0 aliphatic rings. The zero-order valence-electron chi connectivity index (χ0n) is 16.5. The van der Waals surface area contributed by atoms with Gasteiger partial charge in [0, 0.05) is 21.8 Å². The molecule has 1 N–H and O–H groups in total. The number of Topliss-reactive ketones (excluding diaryl/α,β-unsaturated/α-hetero) is 1. The third-order valence-corrected chi connectivity index (χ3v) is 5.49. The Morgan fingerprint density at radius 1 is 1.17 bits per heavy atom. The molecule has 0 aliphatic carbocycles. The number of nitrogens with one attached hydrogen (secondary N) is 1. The molecule has 7 nitrogen and oxygen atoms in total. The highest BCUT2D eigenvalue weighted by Gasteiger charge is 2.18. The number of carbonyl (C=O) groups is 3. The van der Waals surface area contributed by atoms with E-state index in [-0.39, 0.29) is 24.8 Å². The molecule has 0 unspecified atom stereocenters. The van der Waals surface area contributed by atoms with Crippen molar-refractivity contribution in [3.63, 3.8) is 0 Å². The topological polar surface area (TPSA) is 90.5 Å². The number of aryl methyl sites for hydroxylation is 2. The maximum atomic E-state index is 12.5. The van der Waals surface area contributed by atoms with Crippen molar-refractivity contribution in [1.82, 2.24) is 9.88 Å². The molecule has 0 aromatic carbocycles. The van der Waals surface area contributed by atoms with Crippen LogP contribution in [0.25, 0.3) is 0 Å². The fourth-order valence-electron chi connectivity index (χ4n) is 2.96. The highest BCUT2D eigenvalue weighted by Crippen LogP contribution is 2.18. The number of ketones is 1. The molecule has 8 heteroatoms. The molecule has 0 radical (unpaired) electrons. The summed E-state index contributed by atoms with van der Waals surface area (Å²) in [6, 6.07) is 8.98. The van der Waals surface area contributed by atoms with E-state index in [2.05, 4.69) is 5.32 Å². The molecule has 0 atom stereocenters. The predicted molar refractivity (Wildman–Crippen MR) is 108 cm³/mol. The van der Waals surface area contributed by atoms with E-state index in [1.54, 1.807) is 18.4 Å². The molecule has 3 heterocycles. The molecule has 3 rings (SSSR count). The first-order valence-corrected chi connectivity index (χ1v) is 9.89. The van der Waals surface area contributed by atoms with E-state index in [9.17, 15) is 14.4 Å². The summed E-state index contributed by atoms with van der Waals surface area (Å²) in [5.74, 6) is -0.511. The van der Waals surface area contributed by atoms with Crippen molar-refractivity contribution in [3.8, 4) is 0 Å². The minimum atomic E-state index is -0.663. The third-order valence-electron chi connectivity index (χ3n) is 4.49. The van der Waals surface area contributed by atoms with E-state index >= 15 is 0 Å². The number of furan rings is 1. The summed E-state index contributed by atoms with van der Waals surface area (Å²) in [6.45, 7) is 5.49. The van der Waals surface area contributed by atoms with E-state index < -0.39 is 5.97 Å². The first-order chi connectivity index (χ1) is 13.8. The molecule has 0 saturated carbocycles. The average Bonchev–Trinajstić information content (AvgIpc) is 3.42. The van der Waals surface area contributed by atoms with E-state index in [0.717, 1.165) is 22.0 Å². The van der Waals surface area contributed by atoms with Crippen LogP contribution in [0.4, 0.5) is 0 Å². The van der Waals surface area contributed by atoms with Crippen molar-refractivity contribution in [2.75, 3.05) is 13.2 Å². The minimum absolute atomic E-state index is 0.291. The lowest BCUT2D eigenvalue weighted by molar-refractivity contribution is -0.141. The van der Waals surface area contributed by atoms with Gasteiger partial charge in [-0.05, 0) is 51.1 Å². The van der Waals surface area contributed by atoms with Crippen molar-refractivity contribution in [1.29, 1.82) is 0 Å². The zero-order chi connectivity index (χ0) is 21.0. The number of hydrogen-bond donors (Lipinski definition) is 1. The second-order valence-electron chi connectivity index (χ2n) is 6.63. The molecule has 3 aromatic heterocycles. The number of aromatic nitrogens is 1. The van der Waals surface area contributed by atoms with Crippen molar-refractivity contribution in [2.24, 2.45) is 0 Å². The summed E-state index contributed by atoms with van der Waals surface area (Å²) in [7, 11) is 0. The first kappa shape index (κ1) is 20.6. The molecule has 0 bridgehead atoms. The Hall–Kier alpha value is -3.13. The molecule has 29 heavy (non-hydrogen) atoms. The van der Waals surface area contributed by atoms with Crippen LogP contribution < -0.4 is 5.32 Å². The number of amides is 1.